The van der Waals surface area contributed by atoms with E-state index in [0.29, 0.717) is 4.88 Å². The highest BCUT2D eigenvalue weighted by Gasteiger charge is 2.38. The first-order chi connectivity index (χ1) is 7.34. The molecular weight excluding hydrogens is 307 g/mol. The summed E-state index contributed by atoms with van der Waals surface area (Å²) >= 11 is 4.55. The molecule has 1 aromatic rings. The van der Waals surface area contributed by atoms with Gasteiger partial charge in [0.25, 0.3) is 0 Å². The van der Waals surface area contributed by atoms with Crippen molar-refractivity contribution in [2.45, 2.75) is 25.3 Å². The van der Waals surface area contributed by atoms with Gasteiger partial charge in [-0.1, -0.05) is 0 Å². The molecule has 16 heavy (non-hydrogen) atoms. The maximum atomic E-state index is 12.3. The highest BCUT2D eigenvalue weighted by molar-refractivity contribution is 9.11. The lowest BCUT2D eigenvalue weighted by molar-refractivity contribution is -0.226. The molecule has 0 aliphatic heterocycles. The van der Waals surface area contributed by atoms with Crippen LogP contribution < -0.4 is 5.73 Å². The standard InChI is InChI=1S/C9H11BrF3NOS/c1-5(9(11,12)13)15-6(4-14)7-2-3-8(10)16-7/h2-3,5-6H,4,14H2,1H3. The quantitative estimate of drug-likeness (QED) is 0.922. The van der Waals surface area contributed by atoms with Gasteiger partial charge in [-0.05, 0) is 35.0 Å². The fourth-order valence-corrected chi connectivity index (χ4v) is 2.54. The minimum absolute atomic E-state index is 0.0212. The maximum Gasteiger partial charge on any atom is 0.414 e. The second kappa shape index (κ2) is 5.48. The fraction of sp³-hybridized carbons (Fsp3) is 0.556. The zero-order valence-electron chi connectivity index (χ0n) is 8.42. The van der Waals surface area contributed by atoms with E-state index in [2.05, 4.69) is 15.9 Å². The topological polar surface area (TPSA) is 35.2 Å². The maximum absolute atomic E-state index is 12.3. The van der Waals surface area contributed by atoms with E-state index in [1.165, 1.54) is 11.3 Å². The molecule has 2 unspecified atom stereocenters. The van der Waals surface area contributed by atoms with Crippen LogP contribution in [0.25, 0.3) is 0 Å². The van der Waals surface area contributed by atoms with Crippen molar-refractivity contribution in [2.75, 3.05) is 6.54 Å². The summed E-state index contributed by atoms with van der Waals surface area (Å²) in [5, 5.41) is 0. The van der Waals surface area contributed by atoms with Gasteiger partial charge in [-0.3, -0.25) is 0 Å². The van der Waals surface area contributed by atoms with Crippen LogP contribution in [0, 0.1) is 0 Å². The van der Waals surface area contributed by atoms with Gasteiger partial charge >= 0.3 is 6.18 Å². The molecule has 2 N–H and O–H groups in total. The van der Waals surface area contributed by atoms with E-state index >= 15 is 0 Å². The first-order valence-corrected chi connectivity index (χ1v) is 6.13. The van der Waals surface area contributed by atoms with Crippen molar-refractivity contribution in [1.82, 2.24) is 0 Å². The Morgan fingerprint density at radius 2 is 2.12 bits per heavy atom. The lowest BCUT2D eigenvalue weighted by Gasteiger charge is -2.22. The van der Waals surface area contributed by atoms with Crippen molar-refractivity contribution in [2.24, 2.45) is 5.73 Å². The van der Waals surface area contributed by atoms with Crippen LogP contribution in [0.5, 0.6) is 0 Å². The summed E-state index contributed by atoms with van der Waals surface area (Å²) in [6.07, 6.45) is -6.89. The zero-order valence-corrected chi connectivity index (χ0v) is 10.8. The fourth-order valence-electron chi connectivity index (χ4n) is 1.06. The Morgan fingerprint density at radius 1 is 1.50 bits per heavy atom. The molecule has 0 bridgehead atoms. The van der Waals surface area contributed by atoms with Crippen LogP contribution in [0.15, 0.2) is 15.9 Å². The third-order valence-electron chi connectivity index (χ3n) is 1.95. The van der Waals surface area contributed by atoms with Crippen LogP contribution in [-0.2, 0) is 4.74 Å². The number of rotatable bonds is 4. The van der Waals surface area contributed by atoms with E-state index in [-0.39, 0.29) is 6.54 Å². The van der Waals surface area contributed by atoms with E-state index in [9.17, 15) is 13.2 Å². The van der Waals surface area contributed by atoms with Gasteiger partial charge in [0.15, 0.2) is 6.10 Å². The lowest BCUT2D eigenvalue weighted by atomic mass is 10.3. The number of ether oxygens (including phenoxy) is 1. The summed E-state index contributed by atoms with van der Waals surface area (Å²) in [6, 6.07) is 3.46. The Hall–Kier alpha value is -0.110. The van der Waals surface area contributed by atoms with E-state index in [4.69, 9.17) is 10.5 Å². The Labute approximate surface area is 104 Å². The Kier molecular flexibility index (Phi) is 4.78. The molecular formula is C9H11BrF3NOS. The summed E-state index contributed by atoms with van der Waals surface area (Å²) in [5.41, 5.74) is 5.40. The van der Waals surface area contributed by atoms with Crippen molar-refractivity contribution in [3.8, 4) is 0 Å². The van der Waals surface area contributed by atoms with Gasteiger partial charge in [-0.25, -0.2) is 0 Å². The second-order valence-electron chi connectivity index (χ2n) is 3.19. The third-order valence-corrected chi connectivity index (χ3v) is 3.67. The van der Waals surface area contributed by atoms with Crippen LogP contribution in [0.3, 0.4) is 0 Å². The first-order valence-electron chi connectivity index (χ1n) is 4.52. The van der Waals surface area contributed by atoms with Crippen LogP contribution >= 0.6 is 27.3 Å². The molecule has 0 aromatic carbocycles. The van der Waals surface area contributed by atoms with Gasteiger partial charge in [0.05, 0.1) is 3.79 Å². The van der Waals surface area contributed by atoms with Gasteiger partial charge in [-0.2, -0.15) is 13.2 Å². The molecule has 1 aromatic heterocycles. The van der Waals surface area contributed by atoms with Crippen LogP contribution in [0.4, 0.5) is 13.2 Å². The summed E-state index contributed by atoms with van der Waals surface area (Å²) in [7, 11) is 0. The number of thiophene rings is 1. The molecule has 0 aliphatic rings. The molecule has 7 heteroatoms. The van der Waals surface area contributed by atoms with E-state index in [1.54, 1.807) is 12.1 Å². The Morgan fingerprint density at radius 3 is 2.50 bits per heavy atom. The molecule has 1 rings (SSSR count). The normalized spacial score (nSPS) is 16.1. The third kappa shape index (κ3) is 3.73. The Bertz CT molecular complexity index is 342. The highest BCUT2D eigenvalue weighted by Crippen LogP contribution is 2.32. The molecule has 0 fully saturated rings. The minimum Gasteiger partial charge on any atom is -0.359 e. The summed E-state index contributed by atoms with van der Waals surface area (Å²) in [6.45, 7) is 0.999. The lowest BCUT2D eigenvalue weighted by Crippen LogP contribution is -2.31. The molecule has 2 nitrogen and oxygen atoms in total. The molecule has 0 saturated carbocycles. The van der Waals surface area contributed by atoms with Crippen molar-refractivity contribution in [3.63, 3.8) is 0 Å². The summed E-state index contributed by atoms with van der Waals surface area (Å²) < 4.78 is 42.6. The van der Waals surface area contributed by atoms with E-state index in [0.717, 1.165) is 10.7 Å². The number of alkyl halides is 3. The smallest absolute Gasteiger partial charge is 0.359 e. The molecule has 2 atom stereocenters. The molecule has 0 spiro atoms. The summed E-state index contributed by atoms with van der Waals surface area (Å²) in [4.78, 5) is 0.686. The monoisotopic (exact) mass is 317 g/mol. The van der Waals surface area contributed by atoms with Gasteiger partial charge in [0, 0.05) is 11.4 Å². The zero-order chi connectivity index (χ0) is 12.3. The average Bonchev–Trinajstić information content (AvgIpc) is 2.59. The molecule has 0 amide bonds. The van der Waals surface area contributed by atoms with Crippen molar-refractivity contribution in [3.05, 3.63) is 20.8 Å². The van der Waals surface area contributed by atoms with Crippen LogP contribution in [0.1, 0.15) is 17.9 Å². The number of halogens is 4. The molecule has 1 heterocycles. The van der Waals surface area contributed by atoms with E-state index in [1.807, 2.05) is 0 Å². The second-order valence-corrected chi connectivity index (χ2v) is 5.68. The van der Waals surface area contributed by atoms with Gasteiger partial charge in [0.1, 0.15) is 6.10 Å². The molecule has 92 valence electrons. The van der Waals surface area contributed by atoms with E-state index < -0.39 is 18.4 Å². The number of hydrogen-bond donors (Lipinski definition) is 1. The van der Waals surface area contributed by atoms with Crippen molar-refractivity contribution >= 4 is 27.3 Å². The largest absolute Gasteiger partial charge is 0.414 e. The van der Waals surface area contributed by atoms with Crippen LogP contribution in [-0.4, -0.2) is 18.8 Å². The first kappa shape index (κ1) is 14.0. The molecule has 0 aliphatic carbocycles. The minimum atomic E-state index is -4.36. The van der Waals surface area contributed by atoms with Gasteiger partial charge < -0.3 is 10.5 Å². The average molecular weight is 318 g/mol. The predicted octanol–water partition coefficient (Wildman–Crippen LogP) is 3.48. The van der Waals surface area contributed by atoms with Gasteiger partial charge in [0.2, 0.25) is 0 Å². The SMILES string of the molecule is CC(OC(CN)c1ccc(Br)s1)C(F)(F)F. The van der Waals surface area contributed by atoms with Crippen molar-refractivity contribution in [1.29, 1.82) is 0 Å². The predicted molar refractivity (Wildman–Crippen MR) is 60.4 cm³/mol. The number of nitrogens with two attached hydrogens (primary N) is 1. The summed E-state index contributed by atoms with van der Waals surface area (Å²) in [5.74, 6) is 0. The molecule has 0 radical (unpaired) electrons. The van der Waals surface area contributed by atoms with Gasteiger partial charge in [-0.15, -0.1) is 11.3 Å². The van der Waals surface area contributed by atoms with Crippen molar-refractivity contribution < 1.29 is 17.9 Å². The highest BCUT2D eigenvalue weighted by atomic mass is 79.9. The van der Waals surface area contributed by atoms with Crippen LogP contribution in [0.2, 0.25) is 0 Å². The number of hydrogen-bond acceptors (Lipinski definition) is 3. The molecule has 0 saturated heterocycles. The Balaban J connectivity index is 2.70.